The van der Waals surface area contributed by atoms with Crippen molar-refractivity contribution in [3.8, 4) is 17.2 Å². The third-order valence-electron chi connectivity index (χ3n) is 4.48. The van der Waals surface area contributed by atoms with Crippen molar-refractivity contribution in [3.05, 3.63) is 59.2 Å². The Bertz CT molecular complexity index is 864. The lowest BCUT2D eigenvalue weighted by Crippen LogP contribution is -2.10. The van der Waals surface area contributed by atoms with Gasteiger partial charge in [-0.15, -0.1) is 0 Å². The van der Waals surface area contributed by atoms with Gasteiger partial charge in [-0.1, -0.05) is 26.3 Å². The Morgan fingerprint density at radius 2 is 1.58 bits per heavy atom. The molecule has 0 N–H and O–H groups in total. The minimum absolute atomic E-state index is 0.0500. The molecule has 2 aromatic carbocycles. The lowest BCUT2D eigenvalue weighted by atomic mass is 9.99. The normalized spacial score (nSPS) is 11.4. The van der Waals surface area contributed by atoms with E-state index in [9.17, 15) is 4.79 Å². The molecule has 31 heavy (non-hydrogen) atoms. The van der Waals surface area contributed by atoms with Crippen LogP contribution in [0.3, 0.4) is 0 Å². The third-order valence-corrected chi connectivity index (χ3v) is 4.48. The summed E-state index contributed by atoms with van der Waals surface area (Å²) in [7, 11) is 0. The van der Waals surface area contributed by atoms with Crippen LogP contribution in [-0.2, 0) is 6.42 Å². The van der Waals surface area contributed by atoms with Gasteiger partial charge in [0.2, 0.25) is 0 Å². The van der Waals surface area contributed by atoms with Gasteiger partial charge in [0, 0.05) is 17.2 Å². The molecule has 4 heteroatoms. The first-order valence-corrected chi connectivity index (χ1v) is 11.3. The molecule has 4 nitrogen and oxygen atoms in total. The number of ketones is 1. The van der Waals surface area contributed by atoms with Crippen LogP contribution in [-0.4, -0.2) is 24.6 Å². The largest absolute Gasteiger partial charge is 0.494 e. The number of hydrogen-bond acceptors (Lipinski definition) is 4. The number of rotatable bonds is 12. The van der Waals surface area contributed by atoms with Gasteiger partial charge in [-0.25, -0.2) is 0 Å². The molecule has 0 aliphatic carbocycles. The molecule has 0 radical (unpaired) electrons. The van der Waals surface area contributed by atoms with Crippen LogP contribution in [0, 0.1) is 0 Å². The molecule has 0 amide bonds. The fourth-order valence-corrected chi connectivity index (χ4v) is 3.20. The number of carbonyl (C=O) groups is 1. The zero-order valence-corrected chi connectivity index (χ0v) is 19.7. The molecule has 0 spiro atoms. The van der Waals surface area contributed by atoms with Crippen molar-refractivity contribution in [2.45, 2.75) is 73.0 Å². The molecular weight excluding hydrogens is 388 g/mol. The van der Waals surface area contributed by atoms with E-state index in [0.717, 1.165) is 47.6 Å². The van der Waals surface area contributed by atoms with Gasteiger partial charge in [-0.2, -0.15) is 0 Å². The van der Waals surface area contributed by atoms with E-state index in [1.165, 1.54) is 0 Å². The minimum Gasteiger partial charge on any atom is -0.494 e. The van der Waals surface area contributed by atoms with Crippen LogP contribution in [0.15, 0.2) is 42.5 Å². The van der Waals surface area contributed by atoms with E-state index in [0.29, 0.717) is 12.2 Å². The van der Waals surface area contributed by atoms with Crippen LogP contribution in [0.1, 0.15) is 75.9 Å². The second-order valence-electron chi connectivity index (χ2n) is 8.14. The average molecular weight is 425 g/mol. The van der Waals surface area contributed by atoms with Gasteiger partial charge in [0.25, 0.3) is 0 Å². The van der Waals surface area contributed by atoms with Gasteiger partial charge in [-0.05, 0) is 82.5 Å². The van der Waals surface area contributed by atoms with Crippen LogP contribution in [0.2, 0.25) is 0 Å². The van der Waals surface area contributed by atoms with Crippen LogP contribution < -0.4 is 14.2 Å². The molecule has 0 aromatic heterocycles. The summed E-state index contributed by atoms with van der Waals surface area (Å²) >= 11 is 0. The van der Waals surface area contributed by atoms with Crippen LogP contribution >= 0.6 is 0 Å². The Kier molecular flexibility index (Phi) is 9.64. The number of carbonyl (C=O) groups excluding carboxylic acids is 1. The van der Waals surface area contributed by atoms with E-state index < -0.39 is 0 Å². The quantitative estimate of drug-likeness (QED) is 0.275. The summed E-state index contributed by atoms with van der Waals surface area (Å²) in [5.41, 5.74) is 2.68. The molecule has 0 heterocycles. The summed E-state index contributed by atoms with van der Waals surface area (Å²) in [6.45, 7) is 12.9. The number of hydrogen-bond donors (Lipinski definition) is 0. The standard InChI is InChI=1S/C27H36O4/c1-7-9-25-22(17-24(30-19(3)4)18-27(25)31-20(5)6)12-15-26(28)21-10-13-23(14-11-21)29-16-8-2/h10-15,17-20H,7-9,16H2,1-6H3. The van der Waals surface area contributed by atoms with E-state index in [2.05, 4.69) is 13.8 Å². The average Bonchev–Trinajstić information content (AvgIpc) is 2.72. The molecule has 0 aliphatic rings. The number of allylic oxidation sites excluding steroid dienone is 1. The predicted octanol–water partition coefficient (Wildman–Crippen LogP) is 6.90. The Morgan fingerprint density at radius 1 is 0.903 bits per heavy atom. The summed E-state index contributed by atoms with van der Waals surface area (Å²) in [6.07, 6.45) is 6.39. The third kappa shape index (κ3) is 7.78. The maximum absolute atomic E-state index is 12.7. The summed E-state index contributed by atoms with van der Waals surface area (Å²) < 4.78 is 17.6. The Labute approximate surface area is 187 Å². The molecule has 0 unspecified atom stereocenters. The summed E-state index contributed by atoms with van der Waals surface area (Å²) in [6, 6.07) is 11.2. The fourth-order valence-electron chi connectivity index (χ4n) is 3.20. The predicted molar refractivity (Wildman–Crippen MR) is 128 cm³/mol. The Balaban J connectivity index is 2.33. The van der Waals surface area contributed by atoms with Crippen LogP contribution in [0.25, 0.3) is 6.08 Å². The zero-order valence-electron chi connectivity index (χ0n) is 19.7. The molecule has 0 bridgehead atoms. The summed E-state index contributed by atoms with van der Waals surface area (Å²) in [5.74, 6) is 2.29. The molecule has 168 valence electrons. The SMILES string of the molecule is CCCOc1ccc(C(=O)C=Cc2cc(OC(C)C)cc(OC(C)C)c2CCC)cc1. The van der Waals surface area contributed by atoms with E-state index in [1.54, 1.807) is 18.2 Å². The topological polar surface area (TPSA) is 44.8 Å². The molecule has 0 fully saturated rings. The van der Waals surface area contributed by atoms with Gasteiger partial charge < -0.3 is 14.2 Å². The molecule has 0 saturated heterocycles. The molecule has 0 saturated carbocycles. The zero-order chi connectivity index (χ0) is 22.8. The monoisotopic (exact) mass is 424 g/mol. The maximum atomic E-state index is 12.7. The lowest BCUT2D eigenvalue weighted by Gasteiger charge is -2.19. The van der Waals surface area contributed by atoms with Crippen molar-refractivity contribution in [3.63, 3.8) is 0 Å². The lowest BCUT2D eigenvalue weighted by molar-refractivity contribution is 0.104. The molecule has 2 rings (SSSR count). The molecular formula is C27H36O4. The molecule has 0 atom stereocenters. The van der Waals surface area contributed by atoms with Crippen molar-refractivity contribution < 1.29 is 19.0 Å². The van der Waals surface area contributed by atoms with Gasteiger partial charge in [-0.3, -0.25) is 4.79 Å². The second kappa shape index (κ2) is 12.2. The van der Waals surface area contributed by atoms with Gasteiger partial charge in [0.05, 0.1) is 18.8 Å². The van der Waals surface area contributed by atoms with E-state index in [-0.39, 0.29) is 18.0 Å². The Morgan fingerprint density at radius 3 is 2.16 bits per heavy atom. The summed E-state index contributed by atoms with van der Waals surface area (Å²) in [5, 5.41) is 0. The first-order chi connectivity index (χ1) is 14.8. The smallest absolute Gasteiger partial charge is 0.185 e. The second-order valence-corrected chi connectivity index (χ2v) is 8.14. The highest BCUT2D eigenvalue weighted by molar-refractivity contribution is 6.07. The van der Waals surface area contributed by atoms with E-state index in [4.69, 9.17) is 14.2 Å². The van der Waals surface area contributed by atoms with E-state index in [1.807, 2.05) is 58.0 Å². The summed E-state index contributed by atoms with van der Waals surface area (Å²) in [4.78, 5) is 12.7. The molecule has 0 aliphatic heterocycles. The van der Waals surface area contributed by atoms with Crippen LogP contribution in [0.4, 0.5) is 0 Å². The molecule has 2 aromatic rings. The van der Waals surface area contributed by atoms with Crippen molar-refractivity contribution in [2.75, 3.05) is 6.61 Å². The highest BCUT2D eigenvalue weighted by Crippen LogP contribution is 2.32. The highest BCUT2D eigenvalue weighted by atomic mass is 16.5. The van der Waals surface area contributed by atoms with Crippen molar-refractivity contribution >= 4 is 11.9 Å². The highest BCUT2D eigenvalue weighted by Gasteiger charge is 2.14. The maximum Gasteiger partial charge on any atom is 0.185 e. The van der Waals surface area contributed by atoms with Gasteiger partial charge in [0.1, 0.15) is 17.2 Å². The first-order valence-electron chi connectivity index (χ1n) is 11.3. The number of benzene rings is 2. The Hall–Kier alpha value is -2.75. The minimum atomic E-state index is -0.0500. The van der Waals surface area contributed by atoms with Gasteiger partial charge >= 0.3 is 0 Å². The fraction of sp³-hybridized carbons (Fsp3) is 0.444. The van der Waals surface area contributed by atoms with E-state index >= 15 is 0 Å². The van der Waals surface area contributed by atoms with Crippen molar-refractivity contribution in [1.29, 1.82) is 0 Å². The van der Waals surface area contributed by atoms with Crippen molar-refractivity contribution in [2.24, 2.45) is 0 Å². The van der Waals surface area contributed by atoms with Crippen molar-refractivity contribution in [1.82, 2.24) is 0 Å². The van der Waals surface area contributed by atoms with Crippen LogP contribution in [0.5, 0.6) is 17.2 Å². The first kappa shape index (κ1) is 24.5. The number of ether oxygens (including phenoxy) is 3. The van der Waals surface area contributed by atoms with Gasteiger partial charge in [0.15, 0.2) is 5.78 Å².